The van der Waals surface area contributed by atoms with Crippen LogP contribution in [0.5, 0.6) is 11.6 Å². The van der Waals surface area contributed by atoms with Gasteiger partial charge in [0.1, 0.15) is 23.4 Å². The van der Waals surface area contributed by atoms with Gasteiger partial charge in [0.05, 0.1) is 31.6 Å². The first-order valence-electron chi connectivity index (χ1n) is 16.4. The van der Waals surface area contributed by atoms with Gasteiger partial charge in [-0.15, -0.1) is 6.58 Å². The van der Waals surface area contributed by atoms with Crippen molar-refractivity contribution >= 4 is 61.7 Å². The number of hydrogen-bond donors (Lipinski definition) is 3. The summed E-state index contributed by atoms with van der Waals surface area (Å²) in [6, 6.07) is 10.8. The van der Waals surface area contributed by atoms with Crippen LogP contribution in [0.4, 0.5) is 5.69 Å². The fraction of sp³-hybridized carbons (Fsp3) is 0.400. The molecule has 270 valence electrons. The van der Waals surface area contributed by atoms with E-state index >= 15 is 0 Å². The molecule has 14 nitrogen and oxygen atoms in total. The quantitative estimate of drug-likeness (QED) is 0.221. The Morgan fingerprint density at radius 2 is 1.90 bits per heavy atom. The van der Waals surface area contributed by atoms with Crippen LogP contribution < -0.4 is 24.8 Å². The van der Waals surface area contributed by atoms with Crippen LogP contribution in [-0.4, -0.2) is 104 Å². The molecule has 3 aromatic rings. The minimum atomic E-state index is -3.88. The Morgan fingerprint density at radius 1 is 1.14 bits per heavy atom. The van der Waals surface area contributed by atoms with E-state index in [1.54, 1.807) is 56.6 Å². The predicted octanol–water partition coefficient (Wildman–Crippen LogP) is 2.73. The van der Waals surface area contributed by atoms with Gasteiger partial charge in [-0.2, -0.15) is 0 Å². The summed E-state index contributed by atoms with van der Waals surface area (Å²) < 4.78 is 39.2. The molecule has 16 heteroatoms. The van der Waals surface area contributed by atoms with Crippen LogP contribution in [0.25, 0.3) is 10.8 Å². The number of pyridine rings is 1. The van der Waals surface area contributed by atoms with E-state index in [0.29, 0.717) is 45.6 Å². The Labute approximate surface area is 300 Å². The van der Waals surface area contributed by atoms with Crippen molar-refractivity contribution in [1.82, 2.24) is 24.8 Å². The third-order valence-corrected chi connectivity index (χ3v) is 11.4. The number of sulfonamides is 1. The van der Waals surface area contributed by atoms with Crippen LogP contribution in [-0.2, 0) is 24.4 Å². The molecular weight excluding hydrogens is 700 g/mol. The van der Waals surface area contributed by atoms with E-state index in [-0.39, 0.29) is 37.7 Å². The lowest BCUT2D eigenvalue weighted by molar-refractivity contribution is -0.138. The second kappa shape index (κ2) is 14.0. The van der Waals surface area contributed by atoms with Crippen LogP contribution in [0.1, 0.15) is 36.0 Å². The van der Waals surface area contributed by atoms with Crippen LogP contribution in [0, 0.1) is 5.92 Å². The minimum absolute atomic E-state index is 0.00628. The first kappa shape index (κ1) is 35.9. The van der Waals surface area contributed by atoms with E-state index in [1.165, 1.54) is 29.2 Å². The van der Waals surface area contributed by atoms with Crippen LogP contribution in [0.15, 0.2) is 61.3 Å². The number of ether oxygens (including phenoxy) is 2. The lowest BCUT2D eigenvalue weighted by Gasteiger charge is -2.26. The molecule has 3 fully saturated rings. The first-order chi connectivity index (χ1) is 24.3. The third kappa shape index (κ3) is 7.45. The lowest BCUT2D eigenvalue weighted by Crippen LogP contribution is -2.57. The van der Waals surface area contributed by atoms with E-state index in [9.17, 15) is 27.6 Å². The van der Waals surface area contributed by atoms with Gasteiger partial charge in [-0.25, -0.2) is 13.4 Å². The predicted molar refractivity (Wildman–Crippen MR) is 190 cm³/mol. The lowest BCUT2D eigenvalue weighted by atomic mass is 10.1. The summed E-state index contributed by atoms with van der Waals surface area (Å²) in [4.78, 5) is 61.0. The normalized spacial score (nSPS) is 22.5. The van der Waals surface area contributed by atoms with Crippen molar-refractivity contribution in [2.75, 3.05) is 39.6 Å². The monoisotopic (exact) mass is 738 g/mol. The topological polar surface area (TPSA) is 176 Å². The van der Waals surface area contributed by atoms with E-state index in [1.807, 2.05) is 0 Å². The van der Waals surface area contributed by atoms with Crippen molar-refractivity contribution in [3.05, 3.63) is 71.9 Å². The third-order valence-electron chi connectivity index (χ3n) is 9.37. The van der Waals surface area contributed by atoms with Crippen molar-refractivity contribution in [2.24, 2.45) is 5.92 Å². The van der Waals surface area contributed by atoms with Crippen molar-refractivity contribution < 1.29 is 37.1 Å². The molecule has 2 aromatic carbocycles. The number of amides is 4. The molecule has 2 saturated carbocycles. The number of carbonyl (C=O) groups is 4. The number of halogens is 1. The highest BCUT2D eigenvalue weighted by Crippen LogP contribution is 2.45. The number of fused-ring (bicyclic) bond motifs is 1. The Kier molecular flexibility index (Phi) is 9.88. The Balaban J connectivity index is 1.24. The molecule has 0 bridgehead atoms. The summed E-state index contributed by atoms with van der Waals surface area (Å²) in [5.41, 5.74) is -0.581. The van der Waals surface area contributed by atoms with Gasteiger partial charge in [0, 0.05) is 53.5 Å². The second-order valence-corrected chi connectivity index (χ2v) is 15.6. The van der Waals surface area contributed by atoms with Gasteiger partial charge in [-0.3, -0.25) is 23.9 Å². The molecule has 51 heavy (non-hydrogen) atoms. The van der Waals surface area contributed by atoms with Gasteiger partial charge in [0.2, 0.25) is 27.7 Å². The highest BCUT2D eigenvalue weighted by molar-refractivity contribution is 7.91. The van der Waals surface area contributed by atoms with E-state index in [2.05, 4.69) is 26.9 Å². The maximum Gasteiger partial charge on any atom is 0.259 e. The number of hydrogen-bond acceptors (Lipinski definition) is 10. The zero-order valence-electron chi connectivity index (χ0n) is 28.3. The maximum atomic E-state index is 14.1. The van der Waals surface area contributed by atoms with E-state index < -0.39 is 56.6 Å². The van der Waals surface area contributed by atoms with Gasteiger partial charge in [-0.1, -0.05) is 23.7 Å². The van der Waals surface area contributed by atoms with Crippen molar-refractivity contribution in [1.29, 1.82) is 0 Å². The molecule has 1 aliphatic heterocycles. The average Bonchev–Trinajstić information content (AvgIpc) is 4.04. The summed E-state index contributed by atoms with van der Waals surface area (Å²) in [5.74, 6) is -1.92. The molecule has 0 radical (unpaired) electrons. The number of benzene rings is 2. The number of aromatic nitrogens is 1. The zero-order valence-corrected chi connectivity index (χ0v) is 29.9. The maximum absolute atomic E-state index is 14.1. The fourth-order valence-corrected chi connectivity index (χ4v) is 7.84. The number of nitrogens with zero attached hydrogens (tertiary/aromatic N) is 3. The van der Waals surface area contributed by atoms with Gasteiger partial charge in [0.25, 0.3) is 11.8 Å². The van der Waals surface area contributed by atoms with E-state index in [0.717, 1.165) is 0 Å². The van der Waals surface area contributed by atoms with E-state index in [4.69, 9.17) is 21.1 Å². The Hall–Kier alpha value is -4.89. The van der Waals surface area contributed by atoms with Gasteiger partial charge in [0.15, 0.2) is 0 Å². The number of nitrogens with one attached hydrogen (secondary N) is 3. The highest BCUT2D eigenvalue weighted by Gasteiger charge is 2.62. The molecule has 2 aliphatic carbocycles. The van der Waals surface area contributed by atoms with Crippen molar-refractivity contribution in [3.63, 3.8) is 0 Å². The average molecular weight is 739 g/mol. The van der Waals surface area contributed by atoms with Gasteiger partial charge < -0.3 is 29.9 Å². The number of likely N-dealkylation sites (tertiary alicyclic amines) is 1. The molecule has 6 rings (SSSR count). The Morgan fingerprint density at radius 3 is 2.57 bits per heavy atom. The molecule has 2 heterocycles. The minimum Gasteiger partial charge on any atom is -0.494 e. The number of rotatable bonds is 13. The molecule has 0 unspecified atom stereocenters. The molecule has 4 amide bonds. The molecule has 1 saturated heterocycles. The van der Waals surface area contributed by atoms with Gasteiger partial charge >= 0.3 is 0 Å². The van der Waals surface area contributed by atoms with Crippen LogP contribution in [0.3, 0.4) is 0 Å². The summed E-state index contributed by atoms with van der Waals surface area (Å²) in [5, 5.41) is 6.89. The number of carbonyl (C=O) groups excluding carboxylic acids is 4. The first-order valence-corrected chi connectivity index (χ1v) is 18.3. The summed E-state index contributed by atoms with van der Waals surface area (Å²) >= 11 is 6.30. The molecule has 4 atom stereocenters. The van der Waals surface area contributed by atoms with Gasteiger partial charge in [-0.05, 0) is 55.7 Å². The molecule has 1 aromatic heterocycles. The summed E-state index contributed by atoms with van der Waals surface area (Å²) in [6.07, 6.45) is 3.41. The number of methoxy groups -OCH3 is 1. The summed E-state index contributed by atoms with van der Waals surface area (Å²) in [6.45, 7) is 3.52. The van der Waals surface area contributed by atoms with Crippen LogP contribution in [0.2, 0.25) is 5.02 Å². The van der Waals surface area contributed by atoms with Crippen molar-refractivity contribution in [2.45, 2.75) is 48.6 Å². The SMILES string of the molecule is C=C[C@@H]1C[C@]1(NC(=O)[C@@H]1C[C@@H](Oc2ncc(OC)c3ccc(Cl)cc23)CN1C(=O)CNc1cccc(C(=O)N(C)C)c1)C(=O)NS(=O)(=O)C1CC1. The Bertz CT molecular complexity index is 2020. The highest BCUT2D eigenvalue weighted by atomic mass is 35.5. The van der Waals surface area contributed by atoms with Crippen LogP contribution >= 0.6 is 11.6 Å². The second-order valence-electron chi connectivity index (χ2n) is 13.2. The largest absolute Gasteiger partial charge is 0.494 e. The smallest absolute Gasteiger partial charge is 0.259 e. The van der Waals surface area contributed by atoms with Crippen molar-refractivity contribution in [3.8, 4) is 11.6 Å². The molecular formula is C35H39ClN6O8S. The number of anilines is 1. The molecule has 3 N–H and O–H groups in total. The standard InChI is InChI=1S/C35H39ClN6O8S/c1-5-21-16-35(21,34(46)40-51(47,48)25-10-11-25)39-31(44)28-15-24(50-32-27-14-22(36)9-12-26(27)29(49-4)17-38-32)19-42(28)30(43)18-37-23-8-6-7-20(13-23)33(45)41(2)3/h5-9,12-14,17,21,24-25,28,37H,1,10-11,15-16,18-19H2,2-4H3,(H,39,44)(H,40,46)/t21-,24-,28+,35-/m1/s1. The fourth-order valence-electron chi connectivity index (χ4n) is 6.30. The molecule has 3 aliphatic rings. The molecule has 0 spiro atoms. The summed E-state index contributed by atoms with van der Waals surface area (Å²) in [7, 11) is 0.914. The zero-order chi connectivity index (χ0) is 36.7.